The van der Waals surface area contributed by atoms with Crippen LogP contribution in [-0.2, 0) is 4.79 Å². The minimum atomic E-state index is -0.947. The number of aromatic nitrogens is 3. The van der Waals surface area contributed by atoms with Crippen molar-refractivity contribution in [3.63, 3.8) is 0 Å². The molecule has 0 atom stereocenters. The highest BCUT2D eigenvalue weighted by Crippen LogP contribution is 2.17. The normalized spacial score (nSPS) is 11.3. The Morgan fingerprint density at radius 3 is 2.78 bits per heavy atom. The molecule has 0 aliphatic carbocycles. The lowest BCUT2D eigenvalue weighted by molar-refractivity contribution is -0.120. The SMILES string of the molecule is CC(C)(N)C(=O)Nc1cccnc1-n1cccn1. The maximum atomic E-state index is 11.9. The van der Waals surface area contributed by atoms with Crippen LogP contribution in [0.3, 0.4) is 0 Å². The summed E-state index contributed by atoms with van der Waals surface area (Å²) in [5.74, 6) is 0.281. The number of hydrogen-bond acceptors (Lipinski definition) is 4. The Bertz CT molecular complexity index is 542. The van der Waals surface area contributed by atoms with Crippen LogP contribution in [0.2, 0.25) is 0 Å². The van der Waals surface area contributed by atoms with Crippen LogP contribution in [-0.4, -0.2) is 26.2 Å². The fourth-order valence-corrected chi connectivity index (χ4v) is 1.35. The van der Waals surface area contributed by atoms with Crippen molar-refractivity contribution in [3.05, 3.63) is 36.8 Å². The van der Waals surface area contributed by atoms with Gasteiger partial charge in [-0.05, 0) is 32.0 Å². The molecule has 2 aromatic rings. The van der Waals surface area contributed by atoms with Gasteiger partial charge in [0.1, 0.15) is 0 Å². The van der Waals surface area contributed by atoms with Gasteiger partial charge >= 0.3 is 0 Å². The molecular formula is C12H15N5O. The number of nitrogens with one attached hydrogen (secondary N) is 1. The minimum absolute atomic E-state index is 0.274. The first-order valence-electron chi connectivity index (χ1n) is 5.54. The third-order valence-electron chi connectivity index (χ3n) is 2.34. The van der Waals surface area contributed by atoms with E-state index in [4.69, 9.17) is 5.73 Å². The molecule has 0 saturated carbocycles. The second kappa shape index (κ2) is 4.58. The second-order valence-electron chi connectivity index (χ2n) is 4.50. The molecule has 18 heavy (non-hydrogen) atoms. The molecule has 3 N–H and O–H groups in total. The molecule has 0 aliphatic heterocycles. The highest BCUT2D eigenvalue weighted by atomic mass is 16.2. The zero-order valence-electron chi connectivity index (χ0n) is 10.3. The number of nitrogens with zero attached hydrogens (tertiary/aromatic N) is 3. The minimum Gasteiger partial charge on any atom is -0.321 e. The molecule has 0 saturated heterocycles. The molecule has 94 valence electrons. The van der Waals surface area contributed by atoms with Crippen LogP contribution in [0.25, 0.3) is 5.82 Å². The van der Waals surface area contributed by atoms with Gasteiger partial charge in [0, 0.05) is 18.6 Å². The number of pyridine rings is 1. The van der Waals surface area contributed by atoms with Crippen molar-refractivity contribution < 1.29 is 4.79 Å². The van der Waals surface area contributed by atoms with Crippen molar-refractivity contribution >= 4 is 11.6 Å². The van der Waals surface area contributed by atoms with E-state index >= 15 is 0 Å². The average Bonchev–Trinajstić information content (AvgIpc) is 2.82. The van der Waals surface area contributed by atoms with Gasteiger partial charge in [0.15, 0.2) is 5.82 Å². The summed E-state index contributed by atoms with van der Waals surface area (Å²) in [6, 6.07) is 5.28. The Hall–Kier alpha value is -2.21. The van der Waals surface area contributed by atoms with Gasteiger partial charge in [0.25, 0.3) is 0 Å². The lowest BCUT2D eigenvalue weighted by atomic mass is 10.1. The maximum Gasteiger partial charge on any atom is 0.243 e. The summed E-state index contributed by atoms with van der Waals surface area (Å²) in [6.45, 7) is 3.29. The van der Waals surface area contributed by atoms with Crippen LogP contribution in [0.1, 0.15) is 13.8 Å². The molecular weight excluding hydrogens is 230 g/mol. The van der Waals surface area contributed by atoms with Gasteiger partial charge in [0.05, 0.1) is 11.2 Å². The fraction of sp³-hybridized carbons (Fsp3) is 0.250. The predicted octanol–water partition coefficient (Wildman–Crippen LogP) is 0.943. The number of carbonyl (C=O) groups excluding carboxylic acids is 1. The van der Waals surface area contributed by atoms with Gasteiger partial charge in [-0.25, -0.2) is 9.67 Å². The van der Waals surface area contributed by atoms with E-state index in [-0.39, 0.29) is 5.91 Å². The molecule has 0 unspecified atom stereocenters. The largest absolute Gasteiger partial charge is 0.321 e. The Kier molecular flexibility index (Phi) is 3.12. The lowest BCUT2D eigenvalue weighted by Gasteiger charge is -2.18. The summed E-state index contributed by atoms with van der Waals surface area (Å²) in [4.78, 5) is 16.1. The maximum absolute atomic E-state index is 11.9. The van der Waals surface area contributed by atoms with Crippen LogP contribution >= 0.6 is 0 Å². The van der Waals surface area contributed by atoms with E-state index in [1.54, 1.807) is 55.3 Å². The summed E-state index contributed by atoms with van der Waals surface area (Å²) in [7, 11) is 0. The van der Waals surface area contributed by atoms with E-state index in [1.165, 1.54) is 0 Å². The number of hydrogen-bond donors (Lipinski definition) is 2. The van der Waals surface area contributed by atoms with Crippen LogP contribution in [0, 0.1) is 0 Å². The Morgan fingerprint density at radius 1 is 1.39 bits per heavy atom. The highest BCUT2D eigenvalue weighted by molar-refractivity contribution is 5.98. The van der Waals surface area contributed by atoms with E-state index in [9.17, 15) is 4.79 Å². The summed E-state index contributed by atoms with van der Waals surface area (Å²) >= 11 is 0. The Balaban J connectivity index is 2.32. The number of rotatable bonds is 3. The lowest BCUT2D eigenvalue weighted by Crippen LogP contribution is -2.45. The molecule has 6 heteroatoms. The quantitative estimate of drug-likeness (QED) is 0.842. The van der Waals surface area contributed by atoms with Gasteiger partial charge in [-0.15, -0.1) is 0 Å². The molecule has 0 radical (unpaired) electrons. The summed E-state index contributed by atoms with van der Waals surface area (Å²) in [5.41, 5.74) is 5.37. The number of nitrogens with two attached hydrogens (primary N) is 1. The second-order valence-corrected chi connectivity index (χ2v) is 4.50. The first kappa shape index (κ1) is 12.3. The molecule has 0 fully saturated rings. The Labute approximate surface area is 105 Å². The van der Waals surface area contributed by atoms with E-state index < -0.39 is 5.54 Å². The number of amides is 1. The van der Waals surface area contributed by atoms with Crippen molar-refractivity contribution in [2.24, 2.45) is 5.73 Å². The van der Waals surface area contributed by atoms with E-state index in [1.807, 2.05) is 0 Å². The van der Waals surface area contributed by atoms with E-state index in [0.717, 1.165) is 0 Å². The van der Waals surface area contributed by atoms with Crippen molar-refractivity contribution in [2.75, 3.05) is 5.32 Å². The zero-order valence-corrected chi connectivity index (χ0v) is 10.3. The highest BCUT2D eigenvalue weighted by Gasteiger charge is 2.23. The third kappa shape index (κ3) is 2.54. The van der Waals surface area contributed by atoms with Crippen molar-refractivity contribution in [2.45, 2.75) is 19.4 Å². The molecule has 0 spiro atoms. The van der Waals surface area contributed by atoms with Crippen LogP contribution in [0.5, 0.6) is 0 Å². The first-order chi connectivity index (χ1) is 8.48. The van der Waals surface area contributed by atoms with Crippen molar-refractivity contribution in [1.82, 2.24) is 14.8 Å². The van der Waals surface area contributed by atoms with E-state index in [2.05, 4.69) is 15.4 Å². The van der Waals surface area contributed by atoms with Gasteiger partial charge < -0.3 is 11.1 Å². The van der Waals surface area contributed by atoms with Gasteiger partial charge in [0.2, 0.25) is 5.91 Å². The summed E-state index contributed by atoms with van der Waals surface area (Å²) in [5, 5.41) is 6.84. The first-order valence-corrected chi connectivity index (χ1v) is 5.54. The van der Waals surface area contributed by atoms with Gasteiger partial charge in [-0.2, -0.15) is 5.10 Å². The molecule has 0 aromatic carbocycles. The topological polar surface area (TPSA) is 85.8 Å². The standard InChI is InChI=1S/C12H15N5O/c1-12(2,13)11(18)16-9-5-3-6-14-10(9)17-8-4-7-15-17/h3-8H,13H2,1-2H3,(H,16,18). The van der Waals surface area contributed by atoms with Crippen LogP contribution < -0.4 is 11.1 Å². The van der Waals surface area contributed by atoms with E-state index in [0.29, 0.717) is 11.5 Å². The monoisotopic (exact) mass is 245 g/mol. The molecule has 2 rings (SSSR count). The van der Waals surface area contributed by atoms with Crippen molar-refractivity contribution in [1.29, 1.82) is 0 Å². The molecule has 6 nitrogen and oxygen atoms in total. The smallest absolute Gasteiger partial charge is 0.243 e. The van der Waals surface area contributed by atoms with Crippen molar-refractivity contribution in [3.8, 4) is 5.82 Å². The molecule has 0 bridgehead atoms. The zero-order chi connectivity index (χ0) is 13.2. The van der Waals surface area contributed by atoms with Gasteiger partial charge in [-0.3, -0.25) is 4.79 Å². The Morgan fingerprint density at radius 2 is 2.17 bits per heavy atom. The van der Waals surface area contributed by atoms with Gasteiger partial charge in [-0.1, -0.05) is 0 Å². The fourth-order valence-electron chi connectivity index (χ4n) is 1.35. The number of anilines is 1. The van der Waals surface area contributed by atoms with Crippen LogP contribution in [0.15, 0.2) is 36.8 Å². The molecule has 0 aliphatic rings. The number of carbonyl (C=O) groups is 1. The predicted molar refractivity (Wildman–Crippen MR) is 68.3 cm³/mol. The molecule has 2 aromatic heterocycles. The molecule has 1 amide bonds. The van der Waals surface area contributed by atoms with Crippen LogP contribution in [0.4, 0.5) is 5.69 Å². The third-order valence-corrected chi connectivity index (χ3v) is 2.34. The molecule has 2 heterocycles. The average molecular weight is 245 g/mol. The summed E-state index contributed by atoms with van der Waals surface area (Å²) < 4.78 is 1.58. The summed E-state index contributed by atoms with van der Waals surface area (Å²) in [6.07, 6.45) is 5.04.